The predicted molar refractivity (Wildman–Crippen MR) is 250 cm³/mol. The first-order valence-electron chi connectivity index (χ1n) is 20.6. The number of nitrogens with zero attached hydrogens (tertiary/aromatic N) is 3. The molecule has 1 N–H and O–H groups in total. The Morgan fingerprint density at radius 1 is 0.443 bits per heavy atom. The lowest BCUT2D eigenvalue weighted by Gasteiger charge is -2.25. The van der Waals surface area contributed by atoms with Gasteiger partial charge in [-0.2, -0.15) is 0 Å². The molecule has 286 valence electrons. The van der Waals surface area contributed by atoms with Crippen LogP contribution in [-0.4, -0.2) is 16.2 Å². The first-order valence-corrected chi connectivity index (χ1v) is 20.6. The van der Waals surface area contributed by atoms with Crippen molar-refractivity contribution in [2.45, 2.75) is 6.17 Å². The number of aliphatic imine (C=N–C) groups is 2. The minimum Gasteiger partial charge on any atom is -0.456 e. The highest BCUT2D eigenvalue weighted by molar-refractivity contribution is 6.23. The van der Waals surface area contributed by atoms with E-state index in [2.05, 4.69) is 168 Å². The summed E-state index contributed by atoms with van der Waals surface area (Å²) in [5.74, 6) is 1.32. The fourth-order valence-corrected chi connectivity index (χ4v) is 9.36. The Kier molecular flexibility index (Phi) is 7.27. The summed E-state index contributed by atoms with van der Waals surface area (Å²) in [6.45, 7) is 0. The third-order valence-corrected chi connectivity index (χ3v) is 12.2. The molecule has 0 saturated carbocycles. The third-order valence-electron chi connectivity index (χ3n) is 12.2. The summed E-state index contributed by atoms with van der Waals surface area (Å²) in [5.41, 5.74) is 11.5. The second-order valence-corrected chi connectivity index (χ2v) is 15.8. The number of amidine groups is 2. The standard InChI is InChI=1S/C55H34N4O2/c1-2-13-33(14-3-1)34-17-12-18-37(27-34)53-56-54(38-25-26-42-41-20-7-10-23-48(41)60-50(42)30-38)58-55(57-53)45-31-39(32-51-52(45)43-21-8-11-24-49(43)61-51)59-46-22-9-6-19-40(46)44-28-35-15-4-5-16-36(35)29-47(44)59/h1-32,53H,(H,56,57,58). The normalized spacial score (nSPS) is 14.4. The summed E-state index contributed by atoms with van der Waals surface area (Å²) in [5, 5.41) is 12.8. The van der Waals surface area contributed by atoms with E-state index in [0.29, 0.717) is 11.7 Å². The van der Waals surface area contributed by atoms with Gasteiger partial charge in [-0.3, -0.25) is 0 Å². The number of aromatic nitrogens is 1. The topological polar surface area (TPSA) is 68.0 Å². The van der Waals surface area contributed by atoms with Gasteiger partial charge in [-0.1, -0.05) is 133 Å². The van der Waals surface area contributed by atoms with E-state index in [0.717, 1.165) is 88.4 Å². The molecule has 1 aliphatic rings. The smallest absolute Gasteiger partial charge is 0.159 e. The summed E-state index contributed by atoms with van der Waals surface area (Å²) in [7, 11) is 0. The molecule has 1 atom stereocenters. The predicted octanol–water partition coefficient (Wildman–Crippen LogP) is 13.9. The Morgan fingerprint density at radius 2 is 1.13 bits per heavy atom. The molecule has 0 saturated heterocycles. The summed E-state index contributed by atoms with van der Waals surface area (Å²) >= 11 is 0. The number of hydrogen-bond donors (Lipinski definition) is 1. The second-order valence-electron chi connectivity index (χ2n) is 15.8. The molecule has 6 nitrogen and oxygen atoms in total. The quantitative estimate of drug-likeness (QED) is 0.189. The fourth-order valence-electron chi connectivity index (χ4n) is 9.36. The van der Waals surface area contributed by atoms with Crippen LogP contribution < -0.4 is 5.32 Å². The number of benzene rings is 9. The van der Waals surface area contributed by atoms with Gasteiger partial charge in [0.25, 0.3) is 0 Å². The Labute approximate surface area is 349 Å². The molecule has 61 heavy (non-hydrogen) atoms. The van der Waals surface area contributed by atoms with Gasteiger partial charge in [0.1, 0.15) is 34.3 Å². The zero-order valence-electron chi connectivity index (χ0n) is 32.7. The summed E-state index contributed by atoms with van der Waals surface area (Å²) < 4.78 is 15.5. The maximum absolute atomic E-state index is 6.74. The zero-order valence-corrected chi connectivity index (χ0v) is 32.7. The van der Waals surface area contributed by atoms with Gasteiger partial charge in [0.05, 0.1) is 16.7 Å². The van der Waals surface area contributed by atoms with E-state index in [-0.39, 0.29) is 0 Å². The van der Waals surface area contributed by atoms with Crippen molar-refractivity contribution in [1.29, 1.82) is 0 Å². The van der Waals surface area contributed by atoms with Crippen LogP contribution in [-0.2, 0) is 0 Å². The molecular weight excluding hydrogens is 749 g/mol. The molecule has 12 aromatic rings. The summed E-state index contributed by atoms with van der Waals surface area (Å²) in [6.07, 6.45) is -0.450. The lowest BCUT2D eigenvalue weighted by molar-refractivity contribution is 0.667. The van der Waals surface area contributed by atoms with Crippen LogP contribution in [0.15, 0.2) is 213 Å². The van der Waals surface area contributed by atoms with Gasteiger partial charge in [-0.15, -0.1) is 0 Å². The molecule has 0 amide bonds. The minimum atomic E-state index is -0.450. The van der Waals surface area contributed by atoms with Gasteiger partial charge in [0.15, 0.2) is 5.84 Å². The van der Waals surface area contributed by atoms with Gasteiger partial charge < -0.3 is 18.7 Å². The maximum atomic E-state index is 6.74. The molecule has 13 rings (SSSR count). The summed E-state index contributed by atoms with van der Waals surface area (Å²) in [4.78, 5) is 10.8. The number of hydrogen-bond acceptors (Lipinski definition) is 5. The van der Waals surface area contributed by atoms with E-state index in [1.807, 2.05) is 36.4 Å². The van der Waals surface area contributed by atoms with Crippen LogP contribution in [0.3, 0.4) is 0 Å². The number of furan rings is 2. The molecule has 0 spiro atoms. The molecule has 0 aliphatic carbocycles. The van der Waals surface area contributed by atoms with Crippen molar-refractivity contribution in [3.8, 4) is 16.8 Å². The Bertz CT molecular complexity index is 3810. The van der Waals surface area contributed by atoms with Gasteiger partial charge in [-0.25, -0.2) is 9.98 Å². The number of rotatable bonds is 5. The van der Waals surface area contributed by atoms with Crippen molar-refractivity contribution in [3.63, 3.8) is 0 Å². The lowest BCUT2D eigenvalue weighted by atomic mass is 10.0. The fraction of sp³-hybridized carbons (Fsp3) is 0.0182. The molecule has 1 unspecified atom stereocenters. The summed E-state index contributed by atoms with van der Waals surface area (Å²) in [6, 6.07) is 68.1. The van der Waals surface area contributed by atoms with E-state index < -0.39 is 6.17 Å². The van der Waals surface area contributed by atoms with E-state index in [1.54, 1.807) is 0 Å². The second kappa shape index (κ2) is 13.1. The molecule has 0 fully saturated rings. The van der Waals surface area contributed by atoms with Crippen molar-refractivity contribution >= 4 is 88.1 Å². The van der Waals surface area contributed by atoms with E-state index in [4.69, 9.17) is 18.8 Å². The molecule has 3 aromatic heterocycles. The average Bonchev–Trinajstić information content (AvgIpc) is 3.99. The number of para-hydroxylation sites is 3. The molecule has 4 heterocycles. The Balaban J connectivity index is 1.06. The highest BCUT2D eigenvalue weighted by Gasteiger charge is 2.26. The maximum Gasteiger partial charge on any atom is 0.159 e. The van der Waals surface area contributed by atoms with Crippen LogP contribution >= 0.6 is 0 Å². The van der Waals surface area contributed by atoms with Gasteiger partial charge in [0.2, 0.25) is 0 Å². The van der Waals surface area contributed by atoms with Crippen LogP contribution in [0.2, 0.25) is 0 Å². The van der Waals surface area contributed by atoms with Crippen LogP contribution in [0.25, 0.3) is 93.3 Å². The van der Waals surface area contributed by atoms with Gasteiger partial charge >= 0.3 is 0 Å². The van der Waals surface area contributed by atoms with Crippen molar-refractivity contribution in [2.75, 3.05) is 0 Å². The van der Waals surface area contributed by atoms with Gasteiger partial charge in [0, 0.05) is 49.5 Å². The monoisotopic (exact) mass is 782 g/mol. The zero-order chi connectivity index (χ0) is 40.0. The first-order chi connectivity index (χ1) is 30.2. The first kappa shape index (κ1) is 33.7. The Hall–Kier alpha value is -8.22. The third kappa shape index (κ3) is 5.36. The number of nitrogens with one attached hydrogen (secondary N) is 1. The van der Waals surface area contributed by atoms with Crippen LogP contribution in [0.4, 0.5) is 0 Å². The van der Waals surface area contributed by atoms with E-state index >= 15 is 0 Å². The van der Waals surface area contributed by atoms with E-state index in [9.17, 15) is 0 Å². The van der Waals surface area contributed by atoms with Crippen molar-refractivity contribution < 1.29 is 8.83 Å². The minimum absolute atomic E-state index is 0.450. The van der Waals surface area contributed by atoms with Crippen molar-refractivity contribution in [2.24, 2.45) is 9.98 Å². The molecule has 9 aromatic carbocycles. The molecule has 6 heteroatoms. The van der Waals surface area contributed by atoms with Crippen LogP contribution in [0.5, 0.6) is 0 Å². The van der Waals surface area contributed by atoms with Crippen molar-refractivity contribution in [3.05, 3.63) is 211 Å². The Morgan fingerprint density at radius 3 is 2.00 bits per heavy atom. The average molecular weight is 783 g/mol. The molecule has 1 aliphatic heterocycles. The number of fused-ring (bicyclic) bond motifs is 10. The largest absolute Gasteiger partial charge is 0.456 e. The van der Waals surface area contributed by atoms with Crippen molar-refractivity contribution in [1.82, 2.24) is 9.88 Å². The molecule has 0 radical (unpaired) electrons. The SMILES string of the molecule is c1ccc(-c2cccc(C3N=C(c4ccc5c(c4)oc4ccccc45)N=C(c4cc(-n5c6ccccc6c6cc7ccccc7cc65)cc5oc6ccccc6c45)N3)c2)cc1. The van der Waals surface area contributed by atoms with E-state index in [1.165, 1.54) is 21.5 Å². The lowest BCUT2D eigenvalue weighted by Crippen LogP contribution is -2.33. The molecular formula is C55H34N4O2. The molecule has 0 bridgehead atoms. The highest BCUT2D eigenvalue weighted by Crippen LogP contribution is 2.40. The van der Waals surface area contributed by atoms with Gasteiger partial charge in [-0.05, 0) is 82.1 Å². The van der Waals surface area contributed by atoms with Crippen LogP contribution in [0, 0.1) is 0 Å². The van der Waals surface area contributed by atoms with Crippen LogP contribution in [0.1, 0.15) is 22.9 Å². The highest BCUT2D eigenvalue weighted by atomic mass is 16.3.